The van der Waals surface area contributed by atoms with Gasteiger partial charge in [0.05, 0.1) is 6.54 Å². The first kappa shape index (κ1) is 19.0. The molecule has 0 bridgehead atoms. The van der Waals surface area contributed by atoms with E-state index in [1.807, 2.05) is 4.90 Å². The lowest BCUT2D eigenvalue weighted by Gasteiger charge is -2.31. The zero-order chi connectivity index (χ0) is 19.3. The van der Waals surface area contributed by atoms with Gasteiger partial charge in [-0.1, -0.05) is 24.3 Å². The Morgan fingerprint density at radius 3 is 2.71 bits per heavy atom. The number of hydrogen-bond donors (Lipinski definition) is 1. The molecule has 0 saturated heterocycles. The summed E-state index contributed by atoms with van der Waals surface area (Å²) in [5.41, 5.74) is 4.12. The molecule has 1 aromatic carbocycles. The van der Waals surface area contributed by atoms with Gasteiger partial charge in [0, 0.05) is 44.0 Å². The summed E-state index contributed by atoms with van der Waals surface area (Å²) in [6, 6.07) is 10.8. The van der Waals surface area contributed by atoms with Crippen molar-refractivity contribution in [2.24, 2.45) is 4.99 Å². The van der Waals surface area contributed by atoms with Crippen LogP contribution in [0.2, 0.25) is 0 Å². The van der Waals surface area contributed by atoms with Gasteiger partial charge in [-0.05, 0) is 47.9 Å². The summed E-state index contributed by atoms with van der Waals surface area (Å²) in [7, 11) is 0. The molecule has 1 aromatic heterocycles. The molecule has 148 valence electrons. The van der Waals surface area contributed by atoms with Crippen LogP contribution in [0.5, 0.6) is 0 Å². The van der Waals surface area contributed by atoms with Gasteiger partial charge in [0.1, 0.15) is 0 Å². The fourth-order valence-electron chi connectivity index (χ4n) is 3.98. The molecule has 2 aliphatic heterocycles. The summed E-state index contributed by atoms with van der Waals surface area (Å²) in [6.07, 6.45) is 2.49. The van der Waals surface area contributed by atoms with Gasteiger partial charge >= 0.3 is 0 Å². The van der Waals surface area contributed by atoms with Crippen LogP contribution in [-0.2, 0) is 30.7 Å². The van der Waals surface area contributed by atoms with Crippen LogP contribution in [0.25, 0.3) is 0 Å². The average Bonchev–Trinajstić information content (AvgIpc) is 3.20. The highest BCUT2D eigenvalue weighted by Gasteiger charge is 2.22. The topological polar surface area (TPSA) is 47.9 Å². The molecule has 0 radical (unpaired) electrons. The number of rotatable bonds is 4. The van der Waals surface area contributed by atoms with E-state index in [1.54, 1.807) is 11.3 Å². The minimum atomic E-state index is 0.209. The van der Waals surface area contributed by atoms with Gasteiger partial charge in [0.2, 0.25) is 5.91 Å². The Hall–Kier alpha value is -2.34. The van der Waals surface area contributed by atoms with E-state index in [2.05, 4.69) is 52.9 Å². The number of benzene rings is 1. The SMILES string of the molecule is CCNC(=NCCC(=O)N1CCc2sccc2C1)N1CCc2ccccc2C1. The Morgan fingerprint density at radius 1 is 1.07 bits per heavy atom. The highest BCUT2D eigenvalue weighted by Crippen LogP contribution is 2.24. The van der Waals surface area contributed by atoms with E-state index in [4.69, 9.17) is 4.99 Å². The number of carbonyl (C=O) groups is 1. The summed E-state index contributed by atoms with van der Waals surface area (Å²) in [6.45, 7) is 6.88. The summed E-state index contributed by atoms with van der Waals surface area (Å²) in [5.74, 6) is 1.13. The van der Waals surface area contributed by atoms with Crippen LogP contribution in [-0.4, -0.2) is 47.8 Å². The van der Waals surface area contributed by atoms with Crippen LogP contribution in [0.3, 0.4) is 0 Å². The maximum atomic E-state index is 12.6. The highest BCUT2D eigenvalue weighted by atomic mass is 32.1. The third-order valence-corrected chi connectivity index (χ3v) is 6.54. The van der Waals surface area contributed by atoms with Gasteiger partial charge in [-0.3, -0.25) is 9.79 Å². The second-order valence-electron chi connectivity index (χ2n) is 7.36. The Morgan fingerprint density at radius 2 is 1.86 bits per heavy atom. The molecule has 0 atom stereocenters. The molecule has 5 nitrogen and oxygen atoms in total. The number of amides is 1. The van der Waals surface area contributed by atoms with Gasteiger partial charge in [-0.15, -0.1) is 11.3 Å². The molecule has 4 rings (SSSR count). The fourth-order valence-corrected chi connectivity index (χ4v) is 4.87. The quantitative estimate of drug-likeness (QED) is 0.638. The van der Waals surface area contributed by atoms with Crippen molar-refractivity contribution in [3.05, 3.63) is 57.3 Å². The predicted molar refractivity (Wildman–Crippen MR) is 115 cm³/mol. The van der Waals surface area contributed by atoms with E-state index in [0.29, 0.717) is 13.0 Å². The van der Waals surface area contributed by atoms with Gasteiger partial charge in [-0.25, -0.2) is 0 Å². The lowest BCUT2D eigenvalue weighted by Crippen LogP contribution is -2.44. The van der Waals surface area contributed by atoms with Crippen molar-refractivity contribution in [2.45, 2.75) is 39.3 Å². The lowest BCUT2D eigenvalue weighted by molar-refractivity contribution is -0.131. The van der Waals surface area contributed by atoms with Crippen LogP contribution < -0.4 is 5.32 Å². The summed E-state index contributed by atoms with van der Waals surface area (Å²) < 4.78 is 0. The van der Waals surface area contributed by atoms with Crippen molar-refractivity contribution >= 4 is 23.2 Å². The number of nitrogens with zero attached hydrogens (tertiary/aromatic N) is 3. The number of guanidine groups is 1. The molecule has 0 spiro atoms. The molecule has 28 heavy (non-hydrogen) atoms. The summed E-state index contributed by atoms with van der Waals surface area (Å²) in [5, 5.41) is 5.53. The van der Waals surface area contributed by atoms with Crippen LogP contribution in [0.4, 0.5) is 0 Å². The van der Waals surface area contributed by atoms with Crippen LogP contribution >= 0.6 is 11.3 Å². The van der Waals surface area contributed by atoms with E-state index in [-0.39, 0.29) is 5.91 Å². The Kier molecular flexibility index (Phi) is 5.95. The Balaban J connectivity index is 1.34. The second-order valence-corrected chi connectivity index (χ2v) is 8.36. The monoisotopic (exact) mass is 396 g/mol. The van der Waals surface area contributed by atoms with Gasteiger partial charge < -0.3 is 15.1 Å². The van der Waals surface area contributed by atoms with Gasteiger partial charge in [-0.2, -0.15) is 0 Å². The van der Waals surface area contributed by atoms with E-state index in [9.17, 15) is 4.79 Å². The summed E-state index contributed by atoms with van der Waals surface area (Å²) >= 11 is 1.80. The molecular weight excluding hydrogens is 368 g/mol. The first-order chi connectivity index (χ1) is 13.7. The van der Waals surface area contributed by atoms with Gasteiger partial charge in [0.15, 0.2) is 5.96 Å². The average molecular weight is 397 g/mol. The third kappa shape index (κ3) is 4.22. The Bertz CT molecular complexity index is 860. The number of carbonyl (C=O) groups excluding carboxylic acids is 1. The summed E-state index contributed by atoms with van der Waals surface area (Å²) in [4.78, 5) is 23.1. The maximum Gasteiger partial charge on any atom is 0.224 e. The molecule has 2 aliphatic rings. The van der Waals surface area contributed by atoms with Crippen LogP contribution in [0.15, 0.2) is 40.7 Å². The molecule has 1 N–H and O–H groups in total. The largest absolute Gasteiger partial charge is 0.357 e. The van der Waals surface area contributed by atoms with Crippen molar-refractivity contribution in [1.82, 2.24) is 15.1 Å². The van der Waals surface area contributed by atoms with Crippen molar-refractivity contribution in [1.29, 1.82) is 0 Å². The van der Waals surface area contributed by atoms with Crippen molar-refractivity contribution in [3.63, 3.8) is 0 Å². The van der Waals surface area contributed by atoms with E-state index in [1.165, 1.54) is 21.6 Å². The van der Waals surface area contributed by atoms with Crippen LogP contribution in [0.1, 0.15) is 34.9 Å². The standard InChI is InChI=1S/C22H28N4OS/c1-2-23-22(26-12-8-17-5-3-4-6-18(17)15-26)24-11-7-21(27)25-13-9-20-19(16-25)10-14-28-20/h3-6,10,14H,2,7-9,11-13,15-16H2,1H3,(H,23,24). The fraction of sp³-hybridized carbons (Fsp3) is 0.455. The van der Waals surface area contributed by atoms with Crippen molar-refractivity contribution in [2.75, 3.05) is 26.2 Å². The third-order valence-electron chi connectivity index (χ3n) is 5.51. The predicted octanol–water partition coefficient (Wildman–Crippen LogP) is 3.05. The molecule has 3 heterocycles. The number of nitrogens with one attached hydrogen (secondary N) is 1. The molecular formula is C22H28N4OS. The minimum Gasteiger partial charge on any atom is -0.357 e. The minimum absolute atomic E-state index is 0.209. The van der Waals surface area contributed by atoms with Crippen molar-refractivity contribution in [3.8, 4) is 0 Å². The zero-order valence-electron chi connectivity index (χ0n) is 16.5. The van der Waals surface area contributed by atoms with E-state index >= 15 is 0 Å². The Labute approximate surface area is 171 Å². The van der Waals surface area contributed by atoms with Crippen molar-refractivity contribution < 1.29 is 4.79 Å². The number of aliphatic imine (C=N–C) groups is 1. The maximum absolute atomic E-state index is 12.6. The molecule has 6 heteroatoms. The molecule has 0 unspecified atom stereocenters. The first-order valence-corrected chi connectivity index (χ1v) is 11.1. The second kappa shape index (κ2) is 8.78. The molecule has 1 amide bonds. The zero-order valence-corrected chi connectivity index (χ0v) is 17.3. The smallest absolute Gasteiger partial charge is 0.224 e. The number of fused-ring (bicyclic) bond motifs is 2. The molecule has 2 aromatic rings. The molecule has 0 fully saturated rings. The van der Waals surface area contributed by atoms with Gasteiger partial charge in [0.25, 0.3) is 0 Å². The normalized spacial score (nSPS) is 16.5. The lowest BCUT2D eigenvalue weighted by atomic mass is 10.0. The first-order valence-electron chi connectivity index (χ1n) is 10.2. The number of hydrogen-bond acceptors (Lipinski definition) is 3. The molecule has 0 saturated carbocycles. The molecule has 0 aliphatic carbocycles. The number of thiophene rings is 1. The van der Waals surface area contributed by atoms with Crippen LogP contribution in [0, 0.1) is 0 Å². The highest BCUT2D eigenvalue weighted by molar-refractivity contribution is 7.10. The van der Waals surface area contributed by atoms with E-state index < -0.39 is 0 Å². The van der Waals surface area contributed by atoms with E-state index in [0.717, 1.165) is 51.5 Å².